The van der Waals surface area contributed by atoms with Crippen molar-refractivity contribution in [3.8, 4) is 22.5 Å². The van der Waals surface area contributed by atoms with Gasteiger partial charge >= 0.3 is 0 Å². The molecule has 1 aromatic carbocycles. The van der Waals surface area contributed by atoms with E-state index in [0.717, 1.165) is 72.7 Å². The first-order valence-corrected chi connectivity index (χ1v) is 12.1. The second-order valence-electron chi connectivity index (χ2n) is 9.59. The molecule has 9 heteroatoms. The Kier molecular flexibility index (Phi) is 5.29. The van der Waals surface area contributed by atoms with E-state index in [2.05, 4.69) is 19.8 Å². The van der Waals surface area contributed by atoms with Crippen molar-refractivity contribution in [1.29, 1.82) is 0 Å². The third kappa shape index (κ3) is 3.95. The number of H-pyrrole nitrogens is 1. The number of nitrogen functional groups attached to an aromatic ring is 1. The highest BCUT2D eigenvalue weighted by Gasteiger charge is 2.27. The van der Waals surface area contributed by atoms with Crippen molar-refractivity contribution in [2.75, 3.05) is 41.7 Å². The van der Waals surface area contributed by atoms with Gasteiger partial charge in [0.25, 0.3) is 0 Å². The summed E-state index contributed by atoms with van der Waals surface area (Å²) in [6.45, 7) is 5.47. The molecule has 0 amide bonds. The lowest BCUT2D eigenvalue weighted by molar-refractivity contribution is 0.501. The zero-order valence-corrected chi connectivity index (χ0v) is 19.8. The summed E-state index contributed by atoms with van der Waals surface area (Å²) in [6.07, 6.45) is 4.65. The maximum Gasteiger partial charge on any atom is 0.180 e. The predicted octanol–water partition coefficient (Wildman–Crippen LogP) is 3.85. The molecular weight excluding hydrogens is 443 g/mol. The molecule has 0 spiro atoms. The Morgan fingerprint density at radius 2 is 1.83 bits per heavy atom. The number of nitrogens with two attached hydrogens (primary N) is 2. The Morgan fingerprint density at radius 1 is 1.03 bits per heavy atom. The van der Waals surface area contributed by atoms with Crippen molar-refractivity contribution in [1.82, 2.24) is 19.9 Å². The quantitative estimate of drug-likeness (QED) is 0.413. The third-order valence-corrected chi connectivity index (χ3v) is 7.04. The number of hydrogen-bond donors (Lipinski definition) is 3. The average Bonchev–Trinajstić information content (AvgIpc) is 3.20. The van der Waals surface area contributed by atoms with Gasteiger partial charge in [0.2, 0.25) is 0 Å². The highest BCUT2D eigenvalue weighted by atomic mass is 19.1. The number of aromatic amines is 1. The molecule has 35 heavy (non-hydrogen) atoms. The lowest BCUT2D eigenvalue weighted by Gasteiger charge is -2.34. The zero-order chi connectivity index (χ0) is 24.1. The first-order chi connectivity index (χ1) is 17.0. The average molecular weight is 473 g/mol. The van der Waals surface area contributed by atoms with Gasteiger partial charge in [-0.25, -0.2) is 19.3 Å². The zero-order valence-electron chi connectivity index (χ0n) is 19.8. The Bertz CT molecular complexity index is 1380. The lowest BCUT2D eigenvalue weighted by atomic mass is 9.97. The molecule has 0 bridgehead atoms. The predicted molar refractivity (Wildman–Crippen MR) is 138 cm³/mol. The number of rotatable bonds is 4. The molecule has 0 radical (unpaired) electrons. The minimum absolute atomic E-state index is 0.170. The fourth-order valence-electron chi connectivity index (χ4n) is 5.03. The van der Waals surface area contributed by atoms with Crippen molar-refractivity contribution < 1.29 is 4.39 Å². The number of aryl methyl sites for hydroxylation is 1. The molecule has 5 N–H and O–H groups in total. The van der Waals surface area contributed by atoms with Crippen LogP contribution in [0.1, 0.15) is 24.8 Å². The number of halogens is 1. The number of piperidine rings is 1. The fraction of sp³-hybridized carbons (Fsp3) is 0.346. The molecule has 0 aliphatic carbocycles. The molecule has 5 heterocycles. The van der Waals surface area contributed by atoms with Crippen LogP contribution in [0.15, 0.2) is 36.5 Å². The van der Waals surface area contributed by atoms with Gasteiger partial charge in [-0.3, -0.25) is 0 Å². The highest BCUT2D eigenvalue weighted by Crippen LogP contribution is 2.42. The first kappa shape index (κ1) is 21.8. The number of fused-ring (bicyclic) bond motifs is 1. The Hall–Kier alpha value is -3.72. The molecule has 2 fully saturated rings. The van der Waals surface area contributed by atoms with Crippen LogP contribution in [0.3, 0.4) is 0 Å². The molecule has 6 rings (SSSR count). The van der Waals surface area contributed by atoms with Crippen molar-refractivity contribution >= 4 is 28.5 Å². The maximum atomic E-state index is 14.4. The molecule has 2 aliphatic heterocycles. The van der Waals surface area contributed by atoms with Gasteiger partial charge in [-0.2, -0.15) is 0 Å². The molecule has 2 saturated heterocycles. The molecule has 0 atom stereocenters. The topological polar surface area (TPSA) is 113 Å². The second-order valence-corrected chi connectivity index (χ2v) is 9.59. The number of nitrogens with one attached hydrogen (secondary N) is 1. The standard InChI is InChI=1S/C26H29FN8/c1-15-11-16(13-17(27)12-15)19-14-30-24(29)22(23(19)35-9-5-18(28)6-10-35)26-31-20-3-4-21(32-25(20)33-26)34-7-2-8-34/h3-4,11-14,18H,2,5-10,28H2,1H3,(H2,29,30)(H,31,32,33). The van der Waals surface area contributed by atoms with Gasteiger partial charge in [0, 0.05) is 44.0 Å². The number of anilines is 3. The normalized spacial score (nSPS) is 16.7. The number of aromatic nitrogens is 4. The minimum Gasteiger partial charge on any atom is -0.383 e. The summed E-state index contributed by atoms with van der Waals surface area (Å²) < 4.78 is 14.4. The highest BCUT2D eigenvalue weighted by molar-refractivity contribution is 5.95. The summed E-state index contributed by atoms with van der Waals surface area (Å²) in [7, 11) is 0. The van der Waals surface area contributed by atoms with E-state index in [1.807, 2.05) is 25.1 Å². The third-order valence-electron chi connectivity index (χ3n) is 7.04. The van der Waals surface area contributed by atoms with Crippen LogP contribution in [0.25, 0.3) is 33.7 Å². The molecule has 3 aromatic heterocycles. The van der Waals surface area contributed by atoms with Crippen molar-refractivity contribution in [3.05, 3.63) is 47.9 Å². The fourth-order valence-corrected chi connectivity index (χ4v) is 5.03. The van der Waals surface area contributed by atoms with Gasteiger partial charge < -0.3 is 26.3 Å². The summed E-state index contributed by atoms with van der Waals surface area (Å²) in [5.41, 5.74) is 18.2. The monoisotopic (exact) mass is 472 g/mol. The Balaban J connectivity index is 1.53. The van der Waals surface area contributed by atoms with Gasteiger partial charge in [0.05, 0.1) is 16.8 Å². The molecule has 2 aliphatic rings. The summed E-state index contributed by atoms with van der Waals surface area (Å²) in [5.74, 6) is 1.63. The van der Waals surface area contributed by atoms with Crippen LogP contribution in [0.5, 0.6) is 0 Å². The van der Waals surface area contributed by atoms with E-state index in [1.165, 1.54) is 12.5 Å². The van der Waals surface area contributed by atoms with E-state index in [0.29, 0.717) is 22.9 Å². The van der Waals surface area contributed by atoms with E-state index in [9.17, 15) is 4.39 Å². The molecular formula is C26H29FN8. The van der Waals surface area contributed by atoms with Gasteiger partial charge in [-0.05, 0) is 61.6 Å². The molecule has 0 saturated carbocycles. The first-order valence-electron chi connectivity index (χ1n) is 12.1. The van der Waals surface area contributed by atoms with E-state index in [-0.39, 0.29) is 11.9 Å². The summed E-state index contributed by atoms with van der Waals surface area (Å²) in [5, 5.41) is 0. The van der Waals surface area contributed by atoms with Crippen LogP contribution in [-0.4, -0.2) is 52.2 Å². The Morgan fingerprint density at radius 3 is 2.54 bits per heavy atom. The van der Waals surface area contributed by atoms with Crippen LogP contribution in [-0.2, 0) is 0 Å². The van der Waals surface area contributed by atoms with E-state index < -0.39 is 0 Å². The van der Waals surface area contributed by atoms with Crippen LogP contribution in [0.4, 0.5) is 21.7 Å². The number of imidazole rings is 1. The van der Waals surface area contributed by atoms with Crippen LogP contribution >= 0.6 is 0 Å². The van der Waals surface area contributed by atoms with Gasteiger partial charge in [0.15, 0.2) is 5.65 Å². The number of nitrogens with zero attached hydrogens (tertiary/aromatic N) is 5. The number of pyridine rings is 2. The molecule has 0 unspecified atom stereocenters. The largest absolute Gasteiger partial charge is 0.383 e. The van der Waals surface area contributed by atoms with E-state index >= 15 is 0 Å². The number of hydrogen-bond acceptors (Lipinski definition) is 7. The summed E-state index contributed by atoms with van der Waals surface area (Å²) in [4.78, 5) is 22.1. The van der Waals surface area contributed by atoms with Crippen LogP contribution in [0, 0.1) is 12.7 Å². The van der Waals surface area contributed by atoms with E-state index in [1.54, 1.807) is 12.3 Å². The molecule has 4 aromatic rings. The lowest BCUT2D eigenvalue weighted by Crippen LogP contribution is -2.40. The second kappa shape index (κ2) is 8.49. The minimum atomic E-state index is -0.281. The van der Waals surface area contributed by atoms with Crippen molar-refractivity contribution in [3.63, 3.8) is 0 Å². The molecule has 180 valence electrons. The number of benzene rings is 1. The van der Waals surface area contributed by atoms with Crippen LogP contribution < -0.4 is 21.3 Å². The van der Waals surface area contributed by atoms with Gasteiger partial charge in [0.1, 0.15) is 23.3 Å². The van der Waals surface area contributed by atoms with Gasteiger partial charge in [-0.15, -0.1) is 0 Å². The van der Waals surface area contributed by atoms with Crippen molar-refractivity contribution in [2.24, 2.45) is 5.73 Å². The van der Waals surface area contributed by atoms with Crippen LogP contribution in [0.2, 0.25) is 0 Å². The smallest absolute Gasteiger partial charge is 0.180 e. The summed E-state index contributed by atoms with van der Waals surface area (Å²) in [6, 6.07) is 9.24. The Labute approximate surface area is 203 Å². The molecule has 8 nitrogen and oxygen atoms in total. The maximum absolute atomic E-state index is 14.4. The van der Waals surface area contributed by atoms with Crippen molar-refractivity contribution in [2.45, 2.75) is 32.2 Å². The SMILES string of the molecule is Cc1cc(F)cc(-c2cnc(N)c(-c3nc4nc(N5CCC5)ccc4[nH]3)c2N2CCC(N)CC2)c1. The van der Waals surface area contributed by atoms with Gasteiger partial charge in [-0.1, -0.05) is 6.07 Å². The van der Waals surface area contributed by atoms with E-state index in [4.69, 9.17) is 21.4 Å². The summed E-state index contributed by atoms with van der Waals surface area (Å²) >= 11 is 0.